The zero-order chi connectivity index (χ0) is 30.6. The second-order valence-corrected chi connectivity index (χ2v) is 12.2. The van der Waals surface area contributed by atoms with Crippen LogP contribution >= 0.6 is 8.03 Å². The lowest BCUT2D eigenvalue weighted by Gasteiger charge is -2.17. The number of esters is 1. The van der Waals surface area contributed by atoms with Gasteiger partial charge >= 0.3 is 5.97 Å². The molecule has 2 atom stereocenters. The Morgan fingerprint density at radius 1 is 1.00 bits per heavy atom. The molecule has 226 valence electrons. The Kier molecular flexibility index (Phi) is 12.8. The fraction of sp³-hybridized carbons (Fsp3) is 0.424. The van der Waals surface area contributed by atoms with Gasteiger partial charge in [0.15, 0.2) is 8.03 Å². The summed E-state index contributed by atoms with van der Waals surface area (Å²) in [5, 5.41) is 0. The number of Topliss-reactive ketones (excluding diaryl/α,β-unsaturated/α-hetero) is 1. The molecule has 2 unspecified atom stereocenters. The molecular formula is C33H43N2O6P. The molecule has 0 saturated carbocycles. The average Bonchev–Trinajstić information content (AvgIpc) is 3.22. The highest BCUT2D eigenvalue weighted by Gasteiger charge is 2.31. The van der Waals surface area contributed by atoms with Crippen molar-refractivity contribution in [2.75, 3.05) is 19.9 Å². The number of nitrogens with two attached hydrogens (primary N) is 1. The highest BCUT2D eigenvalue weighted by Crippen LogP contribution is 2.31. The third kappa shape index (κ3) is 8.76. The van der Waals surface area contributed by atoms with Gasteiger partial charge in [0.25, 0.3) is 11.7 Å². The number of amides is 1. The summed E-state index contributed by atoms with van der Waals surface area (Å²) in [5.41, 5.74) is 11.5. The highest BCUT2D eigenvalue weighted by atomic mass is 31.1. The molecule has 2 aromatic carbocycles. The van der Waals surface area contributed by atoms with Gasteiger partial charge in [0.2, 0.25) is 0 Å². The van der Waals surface area contributed by atoms with Gasteiger partial charge in [0.1, 0.15) is 0 Å². The number of hydrogen-bond acceptors (Lipinski definition) is 6. The van der Waals surface area contributed by atoms with E-state index in [1.165, 1.54) is 18.2 Å². The van der Waals surface area contributed by atoms with Crippen molar-refractivity contribution in [2.24, 2.45) is 11.7 Å². The van der Waals surface area contributed by atoms with Crippen LogP contribution in [0.3, 0.4) is 0 Å². The number of aromatic nitrogens is 1. The van der Waals surface area contributed by atoms with Crippen molar-refractivity contribution in [3.8, 4) is 0 Å². The fourth-order valence-corrected chi connectivity index (χ4v) is 6.16. The molecule has 1 heterocycles. The Hall–Kier alpha value is -3.48. The molecule has 0 radical (unpaired) electrons. The molecule has 0 aliphatic rings. The first kappa shape index (κ1) is 33.0. The van der Waals surface area contributed by atoms with Gasteiger partial charge in [-0.1, -0.05) is 67.9 Å². The Bertz CT molecular complexity index is 1400. The summed E-state index contributed by atoms with van der Waals surface area (Å²) in [5.74, 6) is -2.73. The second-order valence-electron chi connectivity index (χ2n) is 10.5. The van der Waals surface area contributed by atoms with Crippen LogP contribution in [0.4, 0.5) is 0 Å². The van der Waals surface area contributed by atoms with E-state index in [1.807, 2.05) is 38.1 Å². The maximum atomic E-state index is 13.3. The smallest absolute Gasteiger partial charge is 0.309 e. The van der Waals surface area contributed by atoms with E-state index in [0.29, 0.717) is 43.1 Å². The summed E-state index contributed by atoms with van der Waals surface area (Å²) in [6.45, 7) is 6.41. The molecule has 3 aromatic rings. The van der Waals surface area contributed by atoms with Crippen LogP contribution in [0, 0.1) is 12.8 Å². The lowest BCUT2D eigenvalue weighted by atomic mass is 9.90. The lowest BCUT2D eigenvalue weighted by Crippen LogP contribution is -2.26. The minimum absolute atomic E-state index is 0.213. The number of hydrogen-bond donors (Lipinski definition) is 1. The third-order valence-electron chi connectivity index (χ3n) is 7.51. The number of benzene rings is 2. The van der Waals surface area contributed by atoms with Crippen molar-refractivity contribution in [3.63, 3.8) is 0 Å². The van der Waals surface area contributed by atoms with Crippen molar-refractivity contribution in [1.82, 2.24) is 4.57 Å². The van der Waals surface area contributed by atoms with Gasteiger partial charge in [-0.2, -0.15) is 0 Å². The van der Waals surface area contributed by atoms with Gasteiger partial charge in [0.05, 0.1) is 18.1 Å². The van der Waals surface area contributed by atoms with E-state index in [4.69, 9.17) is 15.0 Å². The standard InChI is InChI=1S/C33H43N2O6P/c1-5-12-29-30(31(36)32(34)37)28(21-27(33(38)41-6-2)17-11-18-42(39)40-4)23(3)35(29)22-26-16-10-15-25(20-26)19-24-13-8-7-9-14-24/h7-10,13-16,20,27,42H,5-6,11-12,17-19,21-22H2,1-4H3,(H2,34,37). The number of ketones is 1. The number of nitrogens with zero attached hydrogens (tertiary/aromatic N) is 1. The van der Waals surface area contributed by atoms with E-state index in [1.54, 1.807) is 6.92 Å². The van der Waals surface area contributed by atoms with Crippen molar-refractivity contribution in [3.05, 3.63) is 93.8 Å². The van der Waals surface area contributed by atoms with E-state index >= 15 is 0 Å². The summed E-state index contributed by atoms with van der Waals surface area (Å²) < 4.78 is 24.3. The summed E-state index contributed by atoms with van der Waals surface area (Å²) in [7, 11) is -0.756. The van der Waals surface area contributed by atoms with Crippen LogP contribution in [0.15, 0.2) is 54.6 Å². The zero-order valence-corrected chi connectivity index (χ0v) is 26.1. The first-order valence-corrected chi connectivity index (χ1v) is 16.1. The van der Waals surface area contributed by atoms with Crippen molar-refractivity contribution >= 4 is 25.7 Å². The molecule has 0 fully saturated rings. The van der Waals surface area contributed by atoms with Gasteiger partial charge in [-0.3, -0.25) is 18.9 Å². The molecule has 1 aromatic heterocycles. The molecule has 9 heteroatoms. The quantitative estimate of drug-likeness (QED) is 0.0930. The van der Waals surface area contributed by atoms with Crippen LogP contribution in [0.5, 0.6) is 0 Å². The lowest BCUT2D eigenvalue weighted by molar-refractivity contribution is -0.148. The van der Waals surface area contributed by atoms with E-state index in [9.17, 15) is 18.9 Å². The molecule has 3 rings (SSSR count). The normalized spacial score (nSPS) is 12.6. The molecule has 8 nitrogen and oxygen atoms in total. The van der Waals surface area contributed by atoms with Crippen LogP contribution in [-0.4, -0.2) is 42.1 Å². The minimum atomic E-state index is -2.16. The molecule has 42 heavy (non-hydrogen) atoms. The molecular weight excluding hydrogens is 551 g/mol. The van der Waals surface area contributed by atoms with Crippen LogP contribution in [0.2, 0.25) is 0 Å². The predicted molar refractivity (Wildman–Crippen MR) is 165 cm³/mol. The van der Waals surface area contributed by atoms with E-state index in [2.05, 4.69) is 34.9 Å². The Balaban J connectivity index is 2.04. The minimum Gasteiger partial charge on any atom is -0.466 e. The van der Waals surface area contributed by atoms with Crippen molar-refractivity contribution in [1.29, 1.82) is 0 Å². The fourth-order valence-electron chi connectivity index (χ4n) is 5.46. The van der Waals surface area contributed by atoms with Gasteiger partial charge in [-0.15, -0.1) is 0 Å². The number of carbonyl (C=O) groups is 3. The summed E-state index contributed by atoms with van der Waals surface area (Å²) in [6, 6.07) is 18.6. The summed E-state index contributed by atoms with van der Waals surface area (Å²) in [4.78, 5) is 38.5. The van der Waals surface area contributed by atoms with Gasteiger partial charge in [-0.25, -0.2) is 0 Å². The van der Waals surface area contributed by atoms with E-state index in [-0.39, 0.29) is 19.0 Å². The number of carbonyl (C=O) groups excluding carboxylic acids is 3. The summed E-state index contributed by atoms with van der Waals surface area (Å²) >= 11 is 0. The molecule has 0 saturated heterocycles. The topological polar surface area (TPSA) is 118 Å². The van der Waals surface area contributed by atoms with Crippen molar-refractivity contribution < 1.29 is 28.2 Å². The van der Waals surface area contributed by atoms with Gasteiger partial charge in [0, 0.05) is 31.2 Å². The van der Waals surface area contributed by atoms with Gasteiger partial charge < -0.3 is 19.6 Å². The maximum Gasteiger partial charge on any atom is 0.309 e. The Labute approximate surface area is 249 Å². The SMILES string of the molecule is CCCc1c(C(=O)C(N)=O)c(CC(CCC[PH](=O)OC)C(=O)OCC)c(C)n1Cc1cccc(Cc2ccccc2)c1. The van der Waals surface area contributed by atoms with Crippen LogP contribution in [-0.2, 0) is 49.2 Å². The monoisotopic (exact) mass is 594 g/mol. The van der Waals surface area contributed by atoms with E-state index in [0.717, 1.165) is 29.8 Å². The molecule has 0 bridgehead atoms. The van der Waals surface area contributed by atoms with Crippen LogP contribution in [0.1, 0.15) is 77.1 Å². The summed E-state index contributed by atoms with van der Waals surface area (Å²) in [6.07, 6.45) is 3.60. The zero-order valence-electron chi connectivity index (χ0n) is 25.1. The molecule has 0 spiro atoms. The number of rotatable bonds is 17. The van der Waals surface area contributed by atoms with Gasteiger partial charge in [-0.05, 0) is 68.2 Å². The first-order chi connectivity index (χ1) is 20.2. The molecule has 0 aliphatic heterocycles. The number of ether oxygens (including phenoxy) is 1. The highest BCUT2D eigenvalue weighted by molar-refractivity contribution is 7.39. The molecule has 1 amide bonds. The van der Waals surface area contributed by atoms with Crippen molar-refractivity contribution in [2.45, 2.75) is 65.8 Å². The van der Waals surface area contributed by atoms with E-state index < -0.39 is 25.6 Å². The molecule has 2 N–H and O–H groups in total. The Morgan fingerprint density at radius 3 is 2.33 bits per heavy atom. The number of primary amides is 1. The van der Waals surface area contributed by atoms with Crippen LogP contribution in [0.25, 0.3) is 0 Å². The maximum absolute atomic E-state index is 13.3. The molecule has 0 aliphatic carbocycles. The van der Waals surface area contributed by atoms with Crippen LogP contribution < -0.4 is 5.73 Å². The first-order valence-electron chi connectivity index (χ1n) is 14.6. The second kappa shape index (κ2) is 16.2. The third-order valence-corrected chi connectivity index (χ3v) is 8.73. The largest absolute Gasteiger partial charge is 0.466 e. The predicted octanol–water partition coefficient (Wildman–Crippen LogP) is 5.68. The average molecular weight is 595 g/mol. The Morgan fingerprint density at radius 2 is 1.69 bits per heavy atom.